The molecule has 0 aliphatic heterocycles. The first-order valence-electron chi connectivity index (χ1n) is 7.36. The summed E-state index contributed by atoms with van der Waals surface area (Å²) < 4.78 is 0. The van der Waals surface area contributed by atoms with Crippen molar-refractivity contribution >= 4 is 10.9 Å². The predicted molar refractivity (Wildman–Crippen MR) is 83.3 cm³/mol. The van der Waals surface area contributed by atoms with E-state index >= 15 is 0 Å². The molecule has 0 bridgehead atoms. The van der Waals surface area contributed by atoms with Gasteiger partial charge in [0.25, 0.3) is 0 Å². The van der Waals surface area contributed by atoms with Crippen molar-refractivity contribution in [3.05, 3.63) is 36.0 Å². The number of nitrogens with one attached hydrogen (secondary N) is 1. The summed E-state index contributed by atoms with van der Waals surface area (Å²) in [6.45, 7) is 11.4. The van der Waals surface area contributed by atoms with Gasteiger partial charge in [-0.05, 0) is 61.9 Å². The first-order chi connectivity index (χ1) is 9.06. The molecular weight excluding hydrogens is 232 g/mol. The van der Waals surface area contributed by atoms with Crippen LogP contribution in [-0.4, -0.2) is 22.5 Å². The summed E-state index contributed by atoms with van der Waals surface area (Å²) >= 11 is 0. The van der Waals surface area contributed by atoms with Crippen LogP contribution in [0.4, 0.5) is 0 Å². The maximum absolute atomic E-state index is 3.25. The second-order valence-electron chi connectivity index (χ2n) is 6.15. The lowest BCUT2D eigenvalue weighted by Crippen LogP contribution is -2.31. The summed E-state index contributed by atoms with van der Waals surface area (Å²) in [5, 5.41) is 1.31. The minimum Gasteiger partial charge on any atom is -0.361 e. The van der Waals surface area contributed by atoms with Crippen molar-refractivity contribution in [3.63, 3.8) is 0 Å². The SMILES string of the molecule is CC(C)CCN(Cc1ccc2[nH]ccc2c1)C(C)C. The highest BCUT2D eigenvalue weighted by atomic mass is 15.1. The Kier molecular flexibility index (Phi) is 4.65. The lowest BCUT2D eigenvalue weighted by Gasteiger charge is -2.27. The Morgan fingerprint density at radius 3 is 2.58 bits per heavy atom. The van der Waals surface area contributed by atoms with Crippen LogP contribution in [0.25, 0.3) is 10.9 Å². The van der Waals surface area contributed by atoms with Crippen molar-refractivity contribution in [1.82, 2.24) is 9.88 Å². The molecule has 0 atom stereocenters. The van der Waals surface area contributed by atoms with Gasteiger partial charge in [-0.25, -0.2) is 0 Å². The van der Waals surface area contributed by atoms with E-state index < -0.39 is 0 Å². The highest BCUT2D eigenvalue weighted by molar-refractivity contribution is 5.79. The summed E-state index contributed by atoms with van der Waals surface area (Å²) in [4.78, 5) is 5.81. The van der Waals surface area contributed by atoms with E-state index in [1.165, 1.54) is 29.4 Å². The topological polar surface area (TPSA) is 19.0 Å². The molecule has 1 heterocycles. The first kappa shape index (κ1) is 14.1. The van der Waals surface area contributed by atoms with Crippen molar-refractivity contribution < 1.29 is 0 Å². The van der Waals surface area contributed by atoms with Crippen LogP contribution in [0.5, 0.6) is 0 Å². The molecule has 19 heavy (non-hydrogen) atoms. The van der Waals surface area contributed by atoms with Gasteiger partial charge in [0, 0.05) is 24.3 Å². The van der Waals surface area contributed by atoms with Crippen molar-refractivity contribution in [2.45, 2.75) is 46.7 Å². The zero-order chi connectivity index (χ0) is 13.8. The number of rotatable bonds is 6. The van der Waals surface area contributed by atoms with Crippen LogP contribution >= 0.6 is 0 Å². The molecule has 1 aromatic heterocycles. The zero-order valence-corrected chi connectivity index (χ0v) is 12.6. The number of aromatic amines is 1. The fourth-order valence-electron chi connectivity index (χ4n) is 2.38. The molecule has 104 valence electrons. The average Bonchev–Trinajstić information content (AvgIpc) is 2.81. The van der Waals surface area contributed by atoms with Crippen molar-refractivity contribution in [3.8, 4) is 0 Å². The molecule has 2 heteroatoms. The summed E-state index contributed by atoms with van der Waals surface area (Å²) in [5.41, 5.74) is 2.63. The molecule has 0 spiro atoms. The van der Waals surface area contributed by atoms with E-state index in [4.69, 9.17) is 0 Å². The van der Waals surface area contributed by atoms with Crippen LogP contribution < -0.4 is 0 Å². The van der Waals surface area contributed by atoms with E-state index in [-0.39, 0.29) is 0 Å². The Balaban J connectivity index is 2.06. The van der Waals surface area contributed by atoms with Gasteiger partial charge in [0.15, 0.2) is 0 Å². The van der Waals surface area contributed by atoms with Crippen molar-refractivity contribution in [2.75, 3.05) is 6.54 Å². The Morgan fingerprint density at radius 1 is 1.11 bits per heavy atom. The number of fused-ring (bicyclic) bond motifs is 1. The average molecular weight is 258 g/mol. The molecule has 0 saturated carbocycles. The molecular formula is C17H26N2. The van der Waals surface area contributed by atoms with Crippen LogP contribution in [-0.2, 0) is 6.54 Å². The summed E-state index contributed by atoms with van der Waals surface area (Å²) in [7, 11) is 0. The molecule has 2 aromatic rings. The third kappa shape index (κ3) is 3.84. The van der Waals surface area contributed by atoms with Gasteiger partial charge in [0.05, 0.1) is 0 Å². The number of H-pyrrole nitrogens is 1. The van der Waals surface area contributed by atoms with Crippen LogP contribution in [0, 0.1) is 5.92 Å². The summed E-state index contributed by atoms with van der Waals surface area (Å²) in [5.74, 6) is 0.772. The Bertz CT molecular complexity index is 511. The van der Waals surface area contributed by atoms with Gasteiger partial charge in [-0.3, -0.25) is 4.90 Å². The van der Waals surface area contributed by atoms with E-state index in [0.29, 0.717) is 6.04 Å². The number of benzene rings is 1. The van der Waals surface area contributed by atoms with E-state index in [9.17, 15) is 0 Å². The standard InChI is InChI=1S/C17H26N2/c1-13(2)8-10-19(14(3)4)12-15-5-6-17-16(11-15)7-9-18-17/h5-7,9,11,13-14,18H,8,10,12H2,1-4H3. The number of hydrogen-bond acceptors (Lipinski definition) is 1. The van der Waals surface area contributed by atoms with Gasteiger partial charge >= 0.3 is 0 Å². The van der Waals surface area contributed by atoms with Crippen LogP contribution in [0.1, 0.15) is 39.7 Å². The normalized spacial score (nSPS) is 12.2. The molecule has 0 fully saturated rings. The van der Waals surface area contributed by atoms with Gasteiger partial charge in [-0.2, -0.15) is 0 Å². The lowest BCUT2D eigenvalue weighted by molar-refractivity contribution is 0.201. The molecule has 0 amide bonds. The number of hydrogen-bond donors (Lipinski definition) is 1. The number of aromatic nitrogens is 1. The van der Waals surface area contributed by atoms with Gasteiger partial charge < -0.3 is 4.98 Å². The highest BCUT2D eigenvalue weighted by Crippen LogP contribution is 2.17. The second-order valence-corrected chi connectivity index (χ2v) is 6.15. The molecule has 2 rings (SSSR count). The molecule has 0 unspecified atom stereocenters. The Hall–Kier alpha value is -1.28. The third-order valence-corrected chi connectivity index (χ3v) is 3.73. The van der Waals surface area contributed by atoms with E-state index in [1.54, 1.807) is 0 Å². The molecule has 1 aromatic carbocycles. The van der Waals surface area contributed by atoms with Gasteiger partial charge in [-0.1, -0.05) is 19.9 Å². The van der Waals surface area contributed by atoms with E-state index in [1.807, 2.05) is 6.20 Å². The molecule has 1 N–H and O–H groups in total. The highest BCUT2D eigenvalue weighted by Gasteiger charge is 2.11. The van der Waals surface area contributed by atoms with Gasteiger partial charge in [0.1, 0.15) is 0 Å². The lowest BCUT2D eigenvalue weighted by atomic mass is 10.1. The Morgan fingerprint density at radius 2 is 1.89 bits per heavy atom. The second kappa shape index (κ2) is 6.25. The van der Waals surface area contributed by atoms with Gasteiger partial charge in [0.2, 0.25) is 0 Å². The smallest absolute Gasteiger partial charge is 0.0454 e. The van der Waals surface area contributed by atoms with Crippen molar-refractivity contribution in [1.29, 1.82) is 0 Å². The van der Waals surface area contributed by atoms with Crippen molar-refractivity contribution in [2.24, 2.45) is 5.92 Å². The van der Waals surface area contributed by atoms with Crippen LogP contribution in [0.3, 0.4) is 0 Å². The molecule has 0 saturated heterocycles. The zero-order valence-electron chi connectivity index (χ0n) is 12.6. The number of nitrogens with zero attached hydrogens (tertiary/aromatic N) is 1. The predicted octanol–water partition coefficient (Wildman–Crippen LogP) is 4.42. The maximum Gasteiger partial charge on any atom is 0.0454 e. The van der Waals surface area contributed by atoms with Crippen LogP contribution in [0.2, 0.25) is 0 Å². The van der Waals surface area contributed by atoms with Crippen LogP contribution in [0.15, 0.2) is 30.5 Å². The van der Waals surface area contributed by atoms with E-state index in [2.05, 4.69) is 61.8 Å². The quantitative estimate of drug-likeness (QED) is 0.812. The Labute approximate surface area is 116 Å². The molecule has 2 nitrogen and oxygen atoms in total. The first-order valence-corrected chi connectivity index (χ1v) is 7.36. The fourth-order valence-corrected chi connectivity index (χ4v) is 2.38. The van der Waals surface area contributed by atoms with E-state index in [0.717, 1.165) is 12.5 Å². The molecule has 0 aliphatic carbocycles. The minimum absolute atomic E-state index is 0.598. The molecule has 0 aliphatic rings. The fraction of sp³-hybridized carbons (Fsp3) is 0.529. The maximum atomic E-state index is 3.25. The largest absolute Gasteiger partial charge is 0.361 e. The summed E-state index contributed by atoms with van der Waals surface area (Å²) in [6.07, 6.45) is 3.28. The molecule has 0 radical (unpaired) electrons. The minimum atomic E-state index is 0.598. The monoisotopic (exact) mass is 258 g/mol. The summed E-state index contributed by atoms with van der Waals surface area (Å²) in [6, 6.07) is 9.47. The van der Waals surface area contributed by atoms with Gasteiger partial charge in [-0.15, -0.1) is 0 Å². The third-order valence-electron chi connectivity index (χ3n) is 3.73.